The molecule has 3 aliphatic heterocycles. The molecule has 0 bridgehead atoms. The maximum absolute atomic E-state index is 14.9. The van der Waals surface area contributed by atoms with Crippen LogP contribution in [0.4, 0.5) is 17.1 Å². The molecule has 12 heteroatoms. The van der Waals surface area contributed by atoms with Gasteiger partial charge in [0.05, 0.1) is 45.0 Å². The lowest BCUT2D eigenvalue weighted by Gasteiger charge is -2.37. The number of rotatable bonds is 9. The summed E-state index contributed by atoms with van der Waals surface area (Å²) in [6.45, 7) is 8.10. The summed E-state index contributed by atoms with van der Waals surface area (Å²) in [6, 6.07) is 20.1. The molecular formula is C34H40N4O7Si. The molecule has 2 fully saturated rings. The van der Waals surface area contributed by atoms with Crippen molar-refractivity contribution in [2.24, 2.45) is 5.92 Å². The number of nitro groups is 1. The van der Waals surface area contributed by atoms with Crippen molar-refractivity contribution in [1.82, 2.24) is 5.32 Å². The van der Waals surface area contributed by atoms with Gasteiger partial charge in [-0.05, 0) is 47.9 Å². The molecule has 0 aliphatic carbocycles. The molecule has 0 radical (unpaired) electrons. The summed E-state index contributed by atoms with van der Waals surface area (Å²) in [5.41, 5.74) is 0.962. The Hall–Kier alpha value is -4.10. The number of piperazine rings is 1. The fraction of sp³-hybridized carbons (Fsp3) is 0.412. The first-order valence-electron chi connectivity index (χ1n) is 15.7. The maximum atomic E-state index is 14.9. The van der Waals surface area contributed by atoms with Crippen LogP contribution in [0.3, 0.4) is 0 Å². The number of aliphatic hydroxyl groups excluding tert-OH is 1. The molecular weight excluding hydrogens is 604 g/mol. The van der Waals surface area contributed by atoms with Crippen molar-refractivity contribution >= 4 is 42.1 Å². The summed E-state index contributed by atoms with van der Waals surface area (Å²) in [6.07, 6.45) is -0.108. The van der Waals surface area contributed by atoms with Crippen LogP contribution in [0, 0.1) is 16.0 Å². The van der Waals surface area contributed by atoms with E-state index in [0.29, 0.717) is 30.8 Å². The second-order valence-electron chi connectivity index (χ2n) is 12.9. The molecule has 3 aliphatic rings. The van der Waals surface area contributed by atoms with Crippen molar-refractivity contribution in [3.05, 3.63) is 88.0 Å². The molecule has 0 aromatic heterocycles. The number of anilines is 2. The first-order chi connectivity index (χ1) is 22.0. The smallest absolute Gasteiger partial charge is 0.269 e. The number of non-ortho nitro benzene ring substituents is 1. The Bertz CT molecular complexity index is 1670. The summed E-state index contributed by atoms with van der Waals surface area (Å²) in [7, 11) is -0.768. The van der Waals surface area contributed by atoms with E-state index >= 15 is 0 Å². The third-order valence-corrected chi connectivity index (χ3v) is 14.5. The molecule has 2 amide bonds. The minimum absolute atomic E-state index is 0.0185. The minimum atomic E-state index is -2.39. The Morgan fingerprint density at radius 2 is 1.89 bits per heavy atom. The van der Waals surface area contributed by atoms with Gasteiger partial charge in [0.1, 0.15) is 5.75 Å². The van der Waals surface area contributed by atoms with Gasteiger partial charge in [0.25, 0.3) is 11.6 Å². The lowest BCUT2D eigenvalue weighted by atomic mass is 9.82. The van der Waals surface area contributed by atoms with Gasteiger partial charge in [-0.3, -0.25) is 19.7 Å². The normalized spacial score (nSPS) is 24.5. The Morgan fingerprint density at radius 3 is 2.57 bits per heavy atom. The topological polar surface area (TPSA) is 134 Å². The van der Waals surface area contributed by atoms with E-state index in [1.54, 1.807) is 23.0 Å². The van der Waals surface area contributed by atoms with Gasteiger partial charge in [-0.25, -0.2) is 0 Å². The van der Waals surface area contributed by atoms with Gasteiger partial charge in [-0.2, -0.15) is 0 Å². The van der Waals surface area contributed by atoms with Gasteiger partial charge < -0.3 is 29.7 Å². The predicted molar refractivity (Wildman–Crippen MR) is 177 cm³/mol. The van der Waals surface area contributed by atoms with Crippen LogP contribution in [0.15, 0.2) is 66.7 Å². The van der Waals surface area contributed by atoms with Crippen molar-refractivity contribution in [2.45, 2.75) is 50.2 Å². The number of nitrogens with zero attached hydrogens (tertiary/aromatic N) is 3. The molecule has 3 aromatic carbocycles. The summed E-state index contributed by atoms with van der Waals surface area (Å²) >= 11 is 0. The third kappa shape index (κ3) is 5.19. The van der Waals surface area contributed by atoms with Crippen molar-refractivity contribution in [3.63, 3.8) is 0 Å². The molecule has 2 saturated heterocycles. The Kier molecular flexibility index (Phi) is 8.49. The summed E-state index contributed by atoms with van der Waals surface area (Å²) in [5, 5.41) is 26.4. The summed E-state index contributed by atoms with van der Waals surface area (Å²) < 4.78 is 12.3. The van der Waals surface area contributed by atoms with Crippen LogP contribution in [-0.2, 0) is 26.5 Å². The number of amides is 2. The van der Waals surface area contributed by atoms with Crippen LogP contribution >= 0.6 is 0 Å². The predicted octanol–water partition coefficient (Wildman–Crippen LogP) is 3.68. The number of carbonyl (C=O) groups excluding carboxylic acids is 2. The molecule has 0 unspecified atom stereocenters. The van der Waals surface area contributed by atoms with E-state index in [2.05, 4.69) is 30.5 Å². The van der Waals surface area contributed by atoms with Gasteiger partial charge in [0.2, 0.25) is 5.91 Å². The lowest BCUT2D eigenvalue weighted by Crippen LogP contribution is -2.51. The first-order valence-corrected chi connectivity index (χ1v) is 18.7. The van der Waals surface area contributed by atoms with Gasteiger partial charge >= 0.3 is 0 Å². The van der Waals surface area contributed by atoms with Crippen LogP contribution in [0.25, 0.3) is 0 Å². The SMILES string of the molecule is COc1ccc([Si](C)(C)[C@@H]2[C@@H](CCO)O[C@]3(C(=O)N(Cc4cccc(N5CCNCC5=O)c4)c4ccc([N+](=O)[O-])cc43)[C@H]2C)cc1. The number of hydrogen-bond acceptors (Lipinski definition) is 8. The number of carbonyl (C=O) groups is 2. The summed E-state index contributed by atoms with van der Waals surface area (Å²) in [4.78, 5) is 42.4. The van der Waals surface area contributed by atoms with Crippen molar-refractivity contribution < 1.29 is 29.1 Å². The van der Waals surface area contributed by atoms with Crippen LogP contribution in [0.2, 0.25) is 18.6 Å². The molecule has 2 N–H and O–H groups in total. The highest BCUT2D eigenvalue weighted by atomic mass is 28.3. The van der Waals surface area contributed by atoms with Crippen LogP contribution in [0.5, 0.6) is 5.75 Å². The molecule has 46 heavy (non-hydrogen) atoms. The zero-order chi connectivity index (χ0) is 32.8. The highest BCUT2D eigenvalue weighted by Crippen LogP contribution is 2.60. The van der Waals surface area contributed by atoms with Crippen molar-refractivity contribution in [2.75, 3.05) is 43.2 Å². The summed E-state index contributed by atoms with van der Waals surface area (Å²) in [5.74, 6) is 0.107. The van der Waals surface area contributed by atoms with Gasteiger partial charge in [0, 0.05) is 49.0 Å². The number of hydrogen-bond donors (Lipinski definition) is 2. The van der Waals surface area contributed by atoms with E-state index in [0.717, 1.165) is 22.2 Å². The van der Waals surface area contributed by atoms with Crippen LogP contribution in [0.1, 0.15) is 24.5 Å². The average Bonchev–Trinajstić information content (AvgIpc) is 3.47. The molecule has 3 heterocycles. The average molecular weight is 645 g/mol. The minimum Gasteiger partial charge on any atom is -0.497 e. The van der Waals surface area contributed by atoms with Gasteiger partial charge in [0.15, 0.2) is 5.60 Å². The molecule has 242 valence electrons. The molecule has 6 rings (SSSR count). The zero-order valence-corrected chi connectivity index (χ0v) is 27.6. The number of ether oxygens (including phenoxy) is 2. The molecule has 11 nitrogen and oxygen atoms in total. The van der Waals surface area contributed by atoms with Crippen molar-refractivity contribution in [3.8, 4) is 5.75 Å². The second-order valence-corrected chi connectivity index (χ2v) is 17.6. The lowest BCUT2D eigenvalue weighted by molar-refractivity contribution is -0.385. The molecule has 4 atom stereocenters. The molecule has 1 spiro atoms. The van der Waals surface area contributed by atoms with E-state index in [1.807, 2.05) is 43.3 Å². The quantitative estimate of drug-likeness (QED) is 0.205. The Labute approximate surface area is 269 Å². The highest BCUT2D eigenvalue weighted by Gasteiger charge is 2.66. The van der Waals surface area contributed by atoms with Crippen molar-refractivity contribution in [1.29, 1.82) is 0 Å². The second kappa shape index (κ2) is 12.3. The number of fused-ring (bicyclic) bond motifs is 2. The largest absolute Gasteiger partial charge is 0.497 e. The van der Waals surface area contributed by atoms with E-state index in [1.165, 1.54) is 12.1 Å². The monoisotopic (exact) mass is 644 g/mol. The number of methoxy groups -OCH3 is 1. The highest BCUT2D eigenvalue weighted by molar-refractivity contribution is 6.91. The fourth-order valence-corrected chi connectivity index (χ4v) is 11.9. The third-order valence-electron chi connectivity index (χ3n) is 10.1. The van der Waals surface area contributed by atoms with E-state index in [9.17, 15) is 24.8 Å². The van der Waals surface area contributed by atoms with Gasteiger partial charge in [-0.1, -0.05) is 49.5 Å². The van der Waals surface area contributed by atoms with Crippen LogP contribution in [-0.4, -0.2) is 69.4 Å². The first kappa shape index (κ1) is 31.9. The number of aliphatic hydroxyl groups is 1. The van der Waals surface area contributed by atoms with Crippen LogP contribution < -0.4 is 25.0 Å². The number of nitrogens with one attached hydrogen (secondary N) is 1. The molecule has 0 saturated carbocycles. The Morgan fingerprint density at radius 1 is 1.13 bits per heavy atom. The zero-order valence-electron chi connectivity index (χ0n) is 26.6. The Balaban J connectivity index is 1.42. The van der Waals surface area contributed by atoms with Gasteiger partial charge in [-0.15, -0.1) is 0 Å². The molecule has 3 aromatic rings. The van der Waals surface area contributed by atoms with E-state index < -0.39 is 24.7 Å². The van der Waals surface area contributed by atoms with E-state index in [-0.39, 0.29) is 48.7 Å². The number of nitro benzene ring substituents is 1. The van der Waals surface area contributed by atoms with E-state index in [4.69, 9.17) is 9.47 Å². The standard InChI is InChI=1S/C34H40N4O7Si/c1-22-32(46(3,4)27-11-9-26(44-2)10-12-27)30(14-17-39)45-34(22)28-19-25(38(42)43)8-13-29(28)37(33(34)41)21-23-6-5-7-24(18-23)36-16-15-35-20-31(36)40/h5-13,18-19,22,30,32,35,39H,14-17,20-21H2,1-4H3/t22-,30+,32-,34+/m0/s1. The number of benzene rings is 3. The maximum Gasteiger partial charge on any atom is 0.269 e. The fourth-order valence-electron chi connectivity index (χ4n) is 7.85.